The molecule has 0 bridgehead atoms. The Labute approximate surface area is 88.2 Å². The summed E-state index contributed by atoms with van der Waals surface area (Å²) in [4.78, 5) is 0. The van der Waals surface area contributed by atoms with Gasteiger partial charge in [-0.2, -0.15) is 0 Å². The predicted molar refractivity (Wildman–Crippen MR) is 59.6 cm³/mol. The van der Waals surface area contributed by atoms with E-state index in [0.29, 0.717) is 19.3 Å². The number of nitrogens with one attached hydrogen (secondary N) is 1. The van der Waals surface area contributed by atoms with Crippen molar-refractivity contribution in [2.75, 3.05) is 33.5 Å². The number of rotatable bonds is 9. The van der Waals surface area contributed by atoms with Gasteiger partial charge in [-0.3, -0.25) is 0 Å². The van der Waals surface area contributed by atoms with Crippen molar-refractivity contribution in [3.63, 3.8) is 0 Å². The molecule has 0 aliphatic rings. The van der Waals surface area contributed by atoms with Crippen molar-refractivity contribution in [1.82, 2.24) is 5.32 Å². The zero-order valence-corrected chi connectivity index (χ0v) is 10.0. The third kappa shape index (κ3) is 8.48. The first-order valence-corrected chi connectivity index (χ1v) is 5.50. The molecule has 0 saturated carbocycles. The summed E-state index contributed by atoms with van der Waals surface area (Å²) in [5, 5.41) is 3.44. The molecule has 0 saturated heterocycles. The molecule has 0 rings (SSSR count). The zero-order valence-electron chi connectivity index (χ0n) is 10.0. The van der Waals surface area contributed by atoms with Gasteiger partial charge in [-0.25, -0.2) is 0 Å². The lowest BCUT2D eigenvalue weighted by Crippen LogP contribution is -2.34. The van der Waals surface area contributed by atoms with E-state index in [1.807, 2.05) is 0 Å². The van der Waals surface area contributed by atoms with E-state index >= 15 is 0 Å². The quantitative estimate of drug-likeness (QED) is 0.578. The van der Waals surface area contributed by atoms with Crippen LogP contribution in [0.4, 0.5) is 0 Å². The molecule has 0 radical (unpaired) electrons. The highest BCUT2D eigenvalue weighted by Gasteiger charge is 2.03. The molecule has 3 nitrogen and oxygen atoms in total. The van der Waals surface area contributed by atoms with Crippen molar-refractivity contribution in [2.24, 2.45) is 5.92 Å². The highest BCUT2D eigenvalue weighted by molar-refractivity contribution is 4.62. The van der Waals surface area contributed by atoms with Gasteiger partial charge in [0.1, 0.15) is 0 Å². The van der Waals surface area contributed by atoms with Crippen LogP contribution in [0.3, 0.4) is 0 Å². The van der Waals surface area contributed by atoms with Gasteiger partial charge < -0.3 is 14.8 Å². The van der Waals surface area contributed by atoms with E-state index < -0.39 is 0 Å². The summed E-state index contributed by atoms with van der Waals surface area (Å²) in [7, 11) is 1.69. The van der Waals surface area contributed by atoms with Gasteiger partial charge in [0.05, 0.1) is 19.8 Å². The van der Waals surface area contributed by atoms with E-state index in [1.165, 1.54) is 6.42 Å². The molecular weight excluding hydrogens is 178 g/mol. The van der Waals surface area contributed by atoms with E-state index in [2.05, 4.69) is 26.1 Å². The molecule has 0 fully saturated rings. The smallest absolute Gasteiger partial charge is 0.0701 e. The van der Waals surface area contributed by atoms with Crippen LogP contribution in [0.1, 0.15) is 27.2 Å². The Morgan fingerprint density at radius 1 is 1.21 bits per heavy atom. The molecule has 86 valence electrons. The summed E-state index contributed by atoms with van der Waals surface area (Å²) in [6.07, 6.45) is 1.23. The van der Waals surface area contributed by atoms with Gasteiger partial charge in [0.15, 0.2) is 0 Å². The van der Waals surface area contributed by atoms with Gasteiger partial charge in [0.25, 0.3) is 0 Å². The number of methoxy groups -OCH3 is 1. The molecule has 0 aromatic heterocycles. The molecule has 2 unspecified atom stereocenters. The summed E-state index contributed by atoms with van der Waals surface area (Å²) < 4.78 is 10.3. The molecule has 1 N–H and O–H groups in total. The van der Waals surface area contributed by atoms with Crippen LogP contribution in [0.15, 0.2) is 0 Å². The lowest BCUT2D eigenvalue weighted by Gasteiger charge is -2.16. The fourth-order valence-corrected chi connectivity index (χ4v) is 1.01. The Morgan fingerprint density at radius 3 is 2.50 bits per heavy atom. The average Bonchev–Trinajstić information content (AvgIpc) is 2.21. The van der Waals surface area contributed by atoms with E-state index in [1.54, 1.807) is 7.11 Å². The van der Waals surface area contributed by atoms with Gasteiger partial charge >= 0.3 is 0 Å². The van der Waals surface area contributed by atoms with Crippen LogP contribution in [0.25, 0.3) is 0 Å². The summed E-state index contributed by atoms with van der Waals surface area (Å²) >= 11 is 0. The molecule has 0 aliphatic carbocycles. The Balaban J connectivity index is 3.23. The topological polar surface area (TPSA) is 30.5 Å². The maximum atomic E-state index is 5.41. The second kappa shape index (κ2) is 9.44. The van der Waals surface area contributed by atoms with Crippen LogP contribution >= 0.6 is 0 Å². The van der Waals surface area contributed by atoms with Crippen molar-refractivity contribution in [1.29, 1.82) is 0 Å². The van der Waals surface area contributed by atoms with Crippen LogP contribution < -0.4 is 5.32 Å². The first-order chi connectivity index (χ1) is 6.70. The number of hydrogen-bond donors (Lipinski definition) is 1. The maximum Gasteiger partial charge on any atom is 0.0701 e. The van der Waals surface area contributed by atoms with Crippen molar-refractivity contribution in [3.8, 4) is 0 Å². The first-order valence-electron chi connectivity index (χ1n) is 5.50. The van der Waals surface area contributed by atoms with E-state index in [9.17, 15) is 0 Å². The average molecular weight is 203 g/mol. The molecule has 3 heteroatoms. The Bertz CT molecular complexity index is 120. The molecule has 2 atom stereocenters. The van der Waals surface area contributed by atoms with Crippen molar-refractivity contribution < 1.29 is 9.47 Å². The molecular formula is C11H25NO2. The van der Waals surface area contributed by atoms with E-state index in [4.69, 9.17) is 9.47 Å². The Morgan fingerprint density at radius 2 is 1.93 bits per heavy atom. The summed E-state index contributed by atoms with van der Waals surface area (Å²) in [5.41, 5.74) is 0. The minimum Gasteiger partial charge on any atom is -0.382 e. The van der Waals surface area contributed by atoms with Crippen LogP contribution in [-0.4, -0.2) is 39.5 Å². The fourth-order valence-electron chi connectivity index (χ4n) is 1.01. The largest absolute Gasteiger partial charge is 0.382 e. The van der Waals surface area contributed by atoms with Crippen molar-refractivity contribution >= 4 is 0 Å². The van der Waals surface area contributed by atoms with Crippen molar-refractivity contribution in [3.05, 3.63) is 0 Å². The van der Waals surface area contributed by atoms with Crippen LogP contribution in [0, 0.1) is 5.92 Å². The Kier molecular flexibility index (Phi) is 9.35. The first kappa shape index (κ1) is 13.9. The highest BCUT2D eigenvalue weighted by Crippen LogP contribution is 1.98. The fraction of sp³-hybridized carbons (Fsp3) is 1.00. The zero-order chi connectivity index (χ0) is 10.8. The normalized spacial score (nSPS) is 15.4. The summed E-state index contributed by atoms with van der Waals surface area (Å²) in [6, 6.07) is 0.431. The minimum absolute atomic E-state index is 0.431. The second-order valence-electron chi connectivity index (χ2n) is 3.89. The molecule has 0 aromatic rings. The van der Waals surface area contributed by atoms with Crippen LogP contribution in [0.2, 0.25) is 0 Å². The van der Waals surface area contributed by atoms with Gasteiger partial charge in [0.2, 0.25) is 0 Å². The van der Waals surface area contributed by atoms with Crippen molar-refractivity contribution in [2.45, 2.75) is 33.2 Å². The van der Waals surface area contributed by atoms with Gasteiger partial charge in [-0.1, -0.05) is 20.3 Å². The second-order valence-corrected chi connectivity index (χ2v) is 3.89. The number of hydrogen-bond acceptors (Lipinski definition) is 3. The minimum atomic E-state index is 0.431. The number of ether oxygens (including phenoxy) is 2. The highest BCUT2D eigenvalue weighted by atomic mass is 16.5. The molecule has 14 heavy (non-hydrogen) atoms. The maximum absolute atomic E-state index is 5.41. The van der Waals surface area contributed by atoms with Gasteiger partial charge in [-0.05, 0) is 19.4 Å². The predicted octanol–water partition coefficient (Wildman–Crippen LogP) is 1.67. The lowest BCUT2D eigenvalue weighted by atomic mass is 10.1. The standard InChI is InChI=1S/C11H25NO2/c1-5-10(2)8-12-11(3)9-14-7-6-13-4/h10-12H,5-9H2,1-4H3. The lowest BCUT2D eigenvalue weighted by molar-refractivity contribution is 0.0606. The van der Waals surface area contributed by atoms with Gasteiger partial charge in [0, 0.05) is 13.2 Å². The molecule has 0 aromatic carbocycles. The molecule has 0 heterocycles. The van der Waals surface area contributed by atoms with Crippen LogP contribution in [-0.2, 0) is 9.47 Å². The van der Waals surface area contributed by atoms with E-state index in [-0.39, 0.29) is 0 Å². The molecule has 0 spiro atoms. The summed E-state index contributed by atoms with van der Waals surface area (Å²) in [6.45, 7) is 9.82. The van der Waals surface area contributed by atoms with Crippen LogP contribution in [0.5, 0.6) is 0 Å². The third-order valence-corrected chi connectivity index (χ3v) is 2.31. The molecule has 0 amide bonds. The third-order valence-electron chi connectivity index (χ3n) is 2.31. The monoisotopic (exact) mass is 203 g/mol. The molecule has 0 aliphatic heterocycles. The Hall–Kier alpha value is -0.120. The van der Waals surface area contributed by atoms with Gasteiger partial charge in [-0.15, -0.1) is 0 Å². The van der Waals surface area contributed by atoms with E-state index in [0.717, 1.165) is 19.1 Å². The SMILES string of the molecule is CCC(C)CNC(C)COCCOC. The summed E-state index contributed by atoms with van der Waals surface area (Å²) in [5.74, 6) is 0.747.